The smallest absolute Gasteiger partial charge is 0.221 e. The van der Waals surface area contributed by atoms with Crippen molar-refractivity contribution >= 4 is 17.3 Å². The fraction of sp³-hybridized carbons (Fsp3) is 0.176. The number of nitriles is 1. The maximum Gasteiger partial charge on any atom is 0.221 e. The Morgan fingerprint density at radius 1 is 1.19 bits per heavy atom. The summed E-state index contributed by atoms with van der Waals surface area (Å²) in [5.41, 5.74) is 4.41. The minimum Gasteiger partial charge on any atom is -0.381 e. The van der Waals surface area contributed by atoms with Crippen LogP contribution in [0.2, 0.25) is 0 Å². The third kappa shape index (κ3) is 3.83. The molecule has 0 aliphatic heterocycles. The van der Waals surface area contributed by atoms with E-state index < -0.39 is 0 Å². The van der Waals surface area contributed by atoms with Gasteiger partial charge in [0, 0.05) is 24.8 Å². The molecule has 21 heavy (non-hydrogen) atoms. The van der Waals surface area contributed by atoms with E-state index in [4.69, 9.17) is 5.26 Å². The number of nitrogens with zero attached hydrogens (tertiary/aromatic N) is 1. The average Bonchev–Trinajstić information content (AvgIpc) is 2.47. The lowest BCUT2D eigenvalue weighted by Crippen LogP contribution is -2.10. The molecule has 4 nitrogen and oxygen atoms in total. The number of carbonyl (C=O) groups excluding carboxylic acids is 1. The number of hydrogen-bond acceptors (Lipinski definition) is 3. The van der Waals surface area contributed by atoms with Crippen LogP contribution in [-0.2, 0) is 11.3 Å². The Bertz CT molecular complexity index is 701. The van der Waals surface area contributed by atoms with Gasteiger partial charge in [-0.05, 0) is 36.2 Å². The van der Waals surface area contributed by atoms with Crippen LogP contribution in [0.5, 0.6) is 0 Å². The third-order valence-corrected chi connectivity index (χ3v) is 3.16. The Hall–Kier alpha value is -2.80. The zero-order valence-corrected chi connectivity index (χ0v) is 12.1. The second-order valence-corrected chi connectivity index (χ2v) is 4.83. The molecule has 0 atom stereocenters. The fourth-order valence-electron chi connectivity index (χ4n) is 2.06. The first kappa shape index (κ1) is 14.6. The molecule has 2 aromatic carbocycles. The van der Waals surface area contributed by atoms with Crippen LogP contribution in [0.15, 0.2) is 42.5 Å². The van der Waals surface area contributed by atoms with Crippen molar-refractivity contribution in [3.05, 3.63) is 59.2 Å². The van der Waals surface area contributed by atoms with Crippen molar-refractivity contribution in [1.29, 1.82) is 5.26 Å². The van der Waals surface area contributed by atoms with Gasteiger partial charge in [0.25, 0.3) is 0 Å². The van der Waals surface area contributed by atoms with Crippen LogP contribution in [0.1, 0.15) is 23.6 Å². The quantitative estimate of drug-likeness (QED) is 0.901. The molecule has 0 aliphatic carbocycles. The molecular weight excluding hydrogens is 262 g/mol. The van der Waals surface area contributed by atoms with Crippen molar-refractivity contribution in [2.75, 3.05) is 10.6 Å². The molecule has 0 heterocycles. The first-order valence-corrected chi connectivity index (χ1v) is 6.70. The summed E-state index contributed by atoms with van der Waals surface area (Å²) in [6.07, 6.45) is 0. The second-order valence-electron chi connectivity index (χ2n) is 4.83. The topological polar surface area (TPSA) is 64.9 Å². The molecule has 0 radical (unpaired) electrons. The number of amides is 1. The number of benzene rings is 2. The highest BCUT2D eigenvalue weighted by Crippen LogP contribution is 2.20. The number of para-hydroxylation sites is 1. The van der Waals surface area contributed by atoms with Gasteiger partial charge in [-0.3, -0.25) is 4.79 Å². The van der Waals surface area contributed by atoms with Gasteiger partial charge < -0.3 is 10.6 Å². The van der Waals surface area contributed by atoms with E-state index in [1.807, 2.05) is 43.3 Å². The van der Waals surface area contributed by atoms with Crippen LogP contribution in [0.25, 0.3) is 0 Å². The summed E-state index contributed by atoms with van der Waals surface area (Å²) in [5, 5.41) is 15.1. The van der Waals surface area contributed by atoms with Crippen LogP contribution in [-0.4, -0.2) is 5.91 Å². The molecule has 2 N–H and O–H groups in total. The lowest BCUT2D eigenvalue weighted by atomic mass is 10.1. The van der Waals surface area contributed by atoms with Gasteiger partial charge in [0.1, 0.15) is 0 Å². The van der Waals surface area contributed by atoms with E-state index in [2.05, 4.69) is 16.7 Å². The van der Waals surface area contributed by atoms with Crippen LogP contribution >= 0.6 is 0 Å². The number of carbonyl (C=O) groups is 1. The lowest BCUT2D eigenvalue weighted by Gasteiger charge is -2.13. The summed E-state index contributed by atoms with van der Waals surface area (Å²) in [6, 6.07) is 15.3. The summed E-state index contributed by atoms with van der Waals surface area (Å²) in [6.45, 7) is 4.06. The zero-order chi connectivity index (χ0) is 15.2. The highest BCUT2D eigenvalue weighted by atomic mass is 16.1. The molecule has 0 bridgehead atoms. The van der Waals surface area contributed by atoms with Crippen molar-refractivity contribution in [2.24, 2.45) is 0 Å². The molecule has 4 heteroatoms. The Labute approximate surface area is 124 Å². The maximum atomic E-state index is 11.2. The minimum atomic E-state index is -0.0925. The summed E-state index contributed by atoms with van der Waals surface area (Å²) < 4.78 is 0. The van der Waals surface area contributed by atoms with E-state index in [1.165, 1.54) is 6.92 Å². The monoisotopic (exact) mass is 279 g/mol. The molecule has 0 aromatic heterocycles. The third-order valence-electron chi connectivity index (χ3n) is 3.16. The Morgan fingerprint density at radius 2 is 1.95 bits per heavy atom. The lowest BCUT2D eigenvalue weighted by molar-refractivity contribution is -0.114. The molecule has 0 saturated carbocycles. The maximum absolute atomic E-state index is 11.2. The molecule has 2 aromatic rings. The van der Waals surface area contributed by atoms with E-state index in [1.54, 1.807) is 6.07 Å². The highest BCUT2D eigenvalue weighted by molar-refractivity contribution is 5.89. The van der Waals surface area contributed by atoms with E-state index in [-0.39, 0.29) is 5.91 Å². The van der Waals surface area contributed by atoms with Crippen LogP contribution in [0, 0.1) is 18.3 Å². The summed E-state index contributed by atoms with van der Waals surface area (Å²) in [5.74, 6) is -0.0925. The van der Waals surface area contributed by atoms with E-state index >= 15 is 0 Å². The van der Waals surface area contributed by atoms with Crippen molar-refractivity contribution in [3.63, 3.8) is 0 Å². The standard InChI is InChI=1S/C17H17N3O/c1-12-7-8-14(10-18)9-17(12)19-11-15-5-3-4-6-16(15)20-13(2)21/h3-9,19H,11H2,1-2H3,(H,20,21). The van der Waals surface area contributed by atoms with Crippen LogP contribution < -0.4 is 10.6 Å². The largest absolute Gasteiger partial charge is 0.381 e. The van der Waals surface area contributed by atoms with Crippen molar-refractivity contribution in [3.8, 4) is 6.07 Å². The predicted octanol–water partition coefficient (Wildman–Crippen LogP) is 3.44. The molecule has 0 spiro atoms. The van der Waals surface area contributed by atoms with Gasteiger partial charge in [-0.1, -0.05) is 24.3 Å². The molecule has 1 amide bonds. The number of aryl methyl sites for hydroxylation is 1. The fourth-order valence-corrected chi connectivity index (χ4v) is 2.06. The summed E-state index contributed by atoms with van der Waals surface area (Å²) in [7, 11) is 0. The van der Waals surface area contributed by atoms with Gasteiger partial charge in [-0.2, -0.15) is 5.26 Å². The van der Waals surface area contributed by atoms with Crippen LogP contribution in [0.3, 0.4) is 0 Å². The average molecular weight is 279 g/mol. The molecular formula is C17H17N3O. The molecule has 0 unspecified atom stereocenters. The Balaban J connectivity index is 2.17. The van der Waals surface area contributed by atoms with Gasteiger partial charge in [0.15, 0.2) is 0 Å². The molecule has 0 fully saturated rings. The SMILES string of the molecule is CC(=O)Nc1ccccc1CNc1cc(C#N)ccc1C. The number of hydrogen-bond donors (Lipinski definition) is 2. The van der Waals surface area contributed by atoms with E-state index in [0.29, 0.717) is 12.1 Å². The number of nitrogens with one attached hydrogen (secondary N) is 2. The first-order valence-electron chi connectivity index (χ1n) is 6.70. The van der Waals surface area contributed by atoms with E-state index in [9.17, 15) is 4.79 Å². The van der Waals surface area contributed by atoms with Gasteiger partial charge in [-0.25, -0.2) is 0 Å². The predicted molar refractivity (Wildman–Crippen MR) is 84.0 cm³/mol. The zero-order valence-electron chi connectivity index (χ0n) is 12.1. The Kier molecular flexibility index (Phi) is 4.57. The number of anilines is 2. The highest BCUT2D eigenvalue weighted by Gasteiger charge is 2.05. The summed E-state index contributed by atoms with van der Waals surface area (Å²) in [4.78, 5) is 11.2. The number of rotatable bonds is 4. The van der Waals surface area contributed by atoms with Gasteiger partial charge >= 0.3 is 0 Å². The van der Waals surface area contributed by atoms with Gasteiger partial charge in [0.05, 0.1) is 11.6 Å². The first-order chi connectivity index (χ1) is 10.1. The van der Waals surface area contributed by atoms with Gasteiger partial charge in [0.2, 0.25) is 5.91 Å². The van der Waals surface area contributed by atoms with Crippen molar-refractivity contribution < 1.29 is 4.79 Å². The summed E-state index contributed by atoms with van der Waals surface area (Å²) >= 11 is 0. The molecule has 0 aliphatic rings. The minimum absolute atomic E-state index is 0.0925. The van der Waals surface area contributed by atoms with Crippen molar-refractivity contribution in [2.45, 2.75) is 20.4 Å². The molecule has 2 rings (SSSR count). The van der Waals surface area contributed by atoms with Gasteiger partial charge in [-0.15, -0.1) is 0 Å². The second kappa shape index (κ2) is 6.58. The molecule has 0 saturated heterocycles. The van der Waals surface area contributed by atoms with Crippen molar-refractivity contribution in [1.82, 2.24) is 0 Å². The van der Waals surface area contributed by atoms with Crippen LogP contribution in [0.4, 0.5) is 11.4 Å². The molecule has 106 valence electrons. The Morgan fingerprint density at radius 3 is 2.67 bits per heavy atom. The van der Waals surface area contributed by atoms with E-state index in [0.717, 1.165) is 22.5 Å². The normalized spacial score (nSPS) is 9.76.